The zero-order valence-corrected chi connectivity index (χ0v) is 20.8. The van der Waals surface area contributed by atoms with Crippen molar-refractivity contribution in [3.63, 3.8) is 0 Å². The van der Waals surface area contributed by atoms with Gasteiger partial charge in [-0.3, -0.25) is 4.79 Å². The number of dihydropyridines is 1. The quantitative estimate of drug-likeness (QED) is 0.517. The Balaban J connectivity index is 1.50. The van der Waals surface area contributed by atoms with E-state index in [-0.39, 0.29) is 23.6 Å². The van der Waals surface area contributed by atoms with E-state index in [1.54, 1.807) is 19.2 Å². The van der Waals surface area contributed by atoms with Crippen molar-refractivity contribution in [2.24, 2.45) is 0 Å². The summed E-state index contributed by atoms with van der Waals surface area (Å²) in [5, 5.41) is 3.39. The van der Waals surface area contributed by atoms with Gasteiger partial charge in [-0.05, 0) is 80.3 Å². The average Bonchev–Trinajstić information content (AvgIpc) is 2.89. The lowest BCUT2D eigenvalue weighted by Crippen LogP contribution is -2.37. The Labute approximate surface area is 211 Å². The van der Waals surface area contributed by atoms with Gasteiger partial charge in [-0.15, -0.1) is 0 Å². The third-order valence-electron chi connectivity index (χ3n) is 7.66. The second kappa shape index (κ2) is 10.3. The van der Waals surface area contributed by atoms with Gasteiger partial charge in [-0.25, -0.2) is 9.18 Å². The molecule has 1 saturated carbocycles. The van der Waals surface area contributed by atoms with Gasteiger partial charge in [0.2, 0.25) is 0 Å². The molecule has 0 radical (unpaired) electrons. The minimum Gasteiger partial charge on any atom is -0.497 e. The number of methoxy groups -OCH3 is 1. The first-order chi connectivity index (χ1) is 17.4. The van der Waals surface area contributed by atoms with Crippen LogP contribution in [0.4, 0.5) is 4.39 Å². The van der Waals surface area contributed by atoms with Crippen molar-refractivity contribution in [1.82, 2.24) is 5.32 Å². The Hall–Kier alpha value is -3.41. The predicted molar refractivity (Wildman–Crippen MR) is 135 cm³/mol. The van der Waals surface area contributed by atoms with Gasteiger partial charge in [0.05, 0.1) is 12.7 Å². The molecule has 0 saturated heterocycles. The molecule has 0 aromatic heterocycles. The molecule has 2 atom stereocenters. The Bertz CT molecular complexity index is 1210. The van der Waals surface area contributed by atoms with E-state index in [0.29, 0.717) is 29.7 Å². The molecule has 0 unspecified atom stereocenters. The first-order valence-electron chi connectivity index (χ1n) is 12.8. The highest BCUT2D eigenvalue weighted by Crippen LogP contribution is 2.46. The van der Waals surface area contributed by atoms with Gasteiger partial charge in [0.15, 0.2) is 5.78 Å². The standard InChI is InChI=1S/C30H32FNO4/c1-18-27(30(34)36-24-6-4-3-5-7-24)28(20-8-12-22(31)13-9-20)29-25(32-18)16-21(17-26(29)33)19-10-14-23(35-2)15-11-19/h8-15,21,24,28,32H,3-7,16-17H2,1-2H3/t21-,28+/m1/s1. The zero-order chi connectivity index (χ0) is 25.2. The fourth-order valence-electron chi connectivity index (χ4n) is 5.81. The number of halogens is 1. The van der Waals surface area contributed by atoms with Crippen LogP contribution in [-0.4, -0.2) is 25.0 Å². The van der Waals surface area contributed by atoms with Crippen LogP contribution in [0.1, 0.15) is 74.8 Å². The lowest BCUT2D eigenvalue weighted by atomic mass is 9.71. The van der Waals surface area contributed by atoms with Crippen LogP contribution in [0.5, 0.6) is 5.75 Å². The second-order valence-corrected chi connectivity index (χ2v) is 10.0. The largest absolute Gasteiger partial charge is 0.497 e. The normalized spacial score (nSPS) is 22.7. The maximum absolute atomic E-state index is 13.8. The number of rotatable bonds is 5. The Kier molecular flexibility index (Phi) is 6.95. The highest BCUT2D eigenvalue weighted by atomic mass is 19.1. The fraction of sp³-hybridized carbons (Fsp3) is 0.400. The fourth-order valence-corrected chi connectivity index (χ4v) is 5.81. The maximum Gasteiger partial charge on any atom is 0.337 e. The first-order valence-corrected chi connectivity index (χ1v) is 12.8. The molecule has 0 amide bonds. The molecule has 1 aliphatic heterocycles. The van der Waals surface area contributed by atoms with E-state index < -0.39 is 11.9 Å². The molecular formula is C30H32FNO4. The summed E-state index contributed by atoms with van der Waals surface area (Å²) < 4.78 is 25.0. The number of carbonyl (C=O) groups is 2. The van der Waals surface area contributed by atoms with Crippen LogP contribution in [0.3, 0.4) is 0 Å². The molecule has 188 valence electrons. The van der Waals surface area contributed by atoms with Crippen LogP contribution in [-0.2, 0) is 14.3 Å². The smallest absolute Gasteiger partial charge is 0.337 e. The van der Waals surface area contributed by atoms with E-state index in [0.717, 1.165) is 54.7 Å². The maximum atomic E-state index is 13.8. The van der Waals surface area contributed by atoms with Gasteiger partial charge in [-0.2, -0.15) is 0 Å². The number of ether oxygens (including phenoxy) is 2. The summed E-state index contributed by atoms with van der Waals surface area (Å²) in [6.07, 6.45) is 5.88. The van der Waals surface area contributed by atoms with Gasteiger partial charge in [-0.1, -0.05) is 30.7 Å². The number of ketones is 1. The van der Waals surface area contributed by atoms with Crippen LogP contribution >= 0.6 is 0 Å². The van der Waals surface area contributed by atoms with Gasteiger partial charge < -0.3 is 14.8 Å². The van der Waals surface area contributed by atoms with Crippen LogP contribution < -0.4 is 10.1 Å². The van der Waals surface area contributed by atoms with Gasteiger partial charge in [0.1, 0.15) is 17.7 Å². The molecule has 2 aliphatic carbocycles. The van der Waals surface area contributed by atoms with E-state index in [1.807, 2.05) is 31.2 Å². The van der Waals surface area contributed by atoms with E-state index in [2.05, 4.69) is 5.32 Å². The van der Waals surface area contributed by atoms with Crippen molar-refractivity contribution in [3.05, 3.63) is 88.0 Å². The number of esters is 1. The lowest BCUT2D eigenvalue weighted by molar-refractivity contribution is -0.146. The third-order valence-corrected chi connectivity index (χ3v) is 7.66. The molecule has 3 aliphatic rings. The van der Waals surface area contributed by atoms with Crippen molar-refractivity contribution in [1.29, 1.82) is 0 Å². The van der Waals surface area contributed by atoms with Gasteiger partial charge in [0.25, 0.3) is 0 Å². The zero-order valence-electron chi connectivity index (χ0n) is 20.8. The predicted octanol–water partition coefficient (Wildman–Crippen LogP) is 6.07. The number of nitrogens with one attached hydrogen (secondary N) is 1. The van der Waals surface area contributed by atoms with Crippen molar-refractivity contribution in [2.45, 2.75) is 69.8 Å². The number of carbonyl (C=O) groups excluding carboxylic acids is 2. The molecule has 5 rings (SSSR count). The Morgan fingerprint density at radius 3 is 2.28 bits per heavy atom. The Morgan fingerprint density at radius 2 is 1.61 bits per heavy atom. The van der Waals surface area contributed by atoms with E-state index >= 15 is 0 Å². The lowest BCUT2D eigenvalue weighted by Gasteiger charge is -2.37. The number of allylic oxidation sites excluding steroid dienone is 3. The van der Waals surface area contributed by atoms with Crippen LogP contribution in [0.25, 0.3) is 0 Å². The molecule has 5 nitrogen and oxygen atoms in total. The molecule has 1 heterocycles. The molecule has 2 aromatic carbocycles. The van der Waals surface area contributed by atoms with Gasteiger partial charge >= 0.3 is 5.97 Å². The summed E-state index contributed by atoms with van der Waals surface area (Å²) in [7, 11) is 1.63. The van der Waals surface area contributed by atoms with Crippen molar-refractivity contribution in [3.8, 4) is 5.75 Å². The highest BCUT2D eigenvalue weighted by Gasteiger charge is 2.42. The molecule has 0 spiro atoms. The summed E-state index contributed by atoms with van der Waals surface area (Å²) in [4.78, 5) is 27.2. The van der Waals surface area contributed by atoms with Crippen LogP contribution in [0.15, 0.2) is 71.1 Å². The number of benzene rings is 2. The highest BCUT2D eigenvalue weighted by molar-refractivity contribution is 6.04. The average molecular weight is 490 g/mol. The summed E-state index contributed by atoms with van der Waals surface area (Å²) in [5.74, 6) is -0.544. The molecular weight excluding hydrogens is 457 g/mol. The number of hydrogen-bond donors (Lipinski definition) is 1. The minimum atomic E-state index is -0.581. The molecule has 1 N–H and O–H groups in total. The monoisotopic (exact) mass is 489 g/mol. The minimum absolute atomic E-state index is 0.00522. The van der Waals surface area contributed by atoms with E-state index in [9.17, 15) is 14.0 Å². The van der Waals surface area contributed by atoms with Crippen molar-refractivity contribution < 1.29 is 23.5 Å². The molecule has 2 aromatic rings. The van der Waals surface area contributed by atoms with Crippen LogP contribution in [0.2, 0.25) is 0 Å². The Morgan fingerprint density at radius 1 is 0.944 bits per heavy atom. The van der Waals surface area contributed by atoms with E-state index in [4.69, 9.17) is 9.47 Å². The van der Waals surface area contributed by atoms with Crippen LogP contribution in [0, 0.1) is 5.82 Å². The topological polar surface area (TPSA) is 64.6 Å². The summed E-state index contributed by atoms with van der Waals surface area (Å²) in [6.45, 7) is 1.86. The number of Topliss-reactive ketones (excluding diaryl/α,β-unsaturated/α-hetero) is 1. The SMILES string of the molecule is COc1ccc([C@H]2CC(=O)C3=C(C2)NC(C)=C(C(=O)OC2CCCCC2)[C@@H]3c2ccc(F)cc2)cc1. The van der Waals surface area contributed by atoms with E-state index in [1.165, 1.54) is 12.1 Å². The summed E-state index contributed by atoms with van der Waals surface area (Å²) in [5.41, 5.74) is 4.34. The molecule has 36 heavy (non-hydrogen) atoms. The van der Waals surface area contributed by atoms with Gasteiger partial charge in [0, 0.05) is 29.3 Å². The number of hydrogen-bond acceptors (Lipinski definition) is 5. The van der Waals surface area contributed by atoms with Crippen molar-refractivity contribution in [2.75, 3.05) is 7.11 Å². The molecule has 0 bridgehead atoms. The molecule has 6 heteroatoms. The van der Waals surface area contributed by atoms with Crippen molar-refractivity contribution >= 4 is 11.8 Å². The molecule has 1 fully saturated rings. The first kappa shape index (κ1) is 24.3. The summed E-state index contributed by atoms with van der Waals surface area (Å²) >= 11 is 0. The second-order valence-electron chi connectivity index (χ2n) is 10.0. The summed E-state index contributed by atoms with van der Waals surface area (Å²) in [6, 6.07) is 13.9. The third kappa shape index (κ3) is 4.81.